The summed E-state index contributed by atoms with van der Waals surface area (Å²) in [6.45, 7) is 6.00. The van der Waals surface area contributed by atoms with Gasteiger partial charge in [0.1, 0.15) is 5.82 Å². The number of nitrogens with zero attached hydrogens (tertiary/aromatic N) is 6. The lowest BCUT2D eigenvalue weighted by Gasteiger charge is -2.38. The number of carboxylic acids is 1. The number of aliphatic carboxylic acids is 1. The number of likely N-dealkylation sites (tertiary alicyclic amines) is 1. The van der Waals surface area contributed by atoms with Gasteiger partial charge in [0, 0.05) is 57.7 Å². The quantitative estimate of drug-likeness (QED) is 0.225. The molecule has 1 aromatic carbocycles. The molecule has 0 radical (unpaired) electrons. The van der Waals surface area contributed by atoms with Crippen molar-refractivity contribution in [3.63, 3.8) is 0 Å². The van der Waals surface area contributed by atoms with Gasteiger partial charge in [0.15, 0.2) is 0 Å². The molecular weight excluding hydrogens is 602 g/mol. The van der Waals surface area contributed by atoms with E-state index in [9.17, 15) is 9.90 Å². The van der Waals surface area contributed by atoms with Crippen LogP contribution in [0.4, 0.5) is 11.8 Å². The Morgan fingerprint density at radius 1 is 1.12 bits per heavy atom. The maximum Gasteiger partial charge on any atom is 0.306 e. The Bertz CT molecular complexity index is 1490. The topological polar surface area (TPSA) is 109 Å². The van der Waals surface area contributed by atoms with Gasteiger partial charge in [0.25, 0.3) is 0 Å². The van der Waals surface area contributed by atoms with Crippen molar-refractivity contribution < 1.29 is 14.6 Å². The molecule has 3 aliphatic rings. The lowest BCUT2D eigenvalue weighted by Crippen LogP contribution is -2.41. The van der Waals surface area contributed by atoms with Crippen molar-refractivity contribution in [1.29, 1.82) is 0 Å². The SMILES string of the molecule is CC[C@H](C1CCC(C(=O)O)CC1)N(C)c1nc2c(c(N[C@@H](CN3CCC[C@H](COC)C3)c3cnn(C)c3)n1)C[C@H](c1ccccc1)CC2. The number of benzene rings is 1. The number of aromatic nitrogens is 4. The van der Waals surface area contributed by atoms with Gasteiger partial charge in [-0.2, -0.15) is 10.1 Å². The first-order valence-electron chi connectivity index (χ1n) is 18.2. The van der Waals surface area contributed by atoms with E-state index in [0.29, 0.717) is 17.8 Å². The summed E-state index contributed by atoms with van der Waals surface area (Å²) in [5, 5.41) is 18.1. The van der Waals surface area contributed by atoms with E-state index >= 15 is 0 Å². The molecule has 2 aliphatic carbocycles. The van der Waals surface area contributed by atoms with Crippen LogP contribution in [0.5, 0.6) is 0 Å². The van der Waals surface area contributed by atoms with Crippen molar-refractivity contribution in [2.24, 2.45) is 24.8 Å². The molecule has 0 amide bonds. The van der Waals surface area contributed by atoms with Gasteiger partial charge in [-0.25, -0.2) is 4.98 Å². The average Bonchev–Trinajstić information content (AvgIpc) is 3.55. The largest absolute Gasteiger partial charge is 0.481 e. The van der Waals surface area contributed by atoms with Crippen LogP contribution >= 0.6 is 0 Å². The second kappa shape index (κ2) is 15.8. The lowest BCUT2D eigenvalue weighted by atomic mass is 9.77. The standard InChI is InChI=1S/C38H55N7O3/c1-5-35(28-13-15-29(16-14-28)37(46)47)44(3)38-41-33-18-17-30(27-11-7-6-8-12-27)20-32(33)36(42-38)40-34(31-21-39-43(2)23-31)24-45-19-9-10-26(22-45)25-48-4/h6-8,11-12,21,23,26,28-30,34-35H,5,9-10,13-20,22,24-25H2,1-4H3,(H,46,47)(H,40,41,42)/t26-,28?,29?,30+,34-,35+/m0/s1. The Morgan fingerprint density at radius 3 is 2.60 bits per heavy atom. The monoisotopic (exact) mass is 657 g/mol. The predicted molar refractivity (Wildman–Crippen MR) is 189 cm³/mol. The Hall–Kier alpha value is -3.50. The number of ether oxygens (including phenoxy) is 1. The molecule has 260 valence electrons. The van der Waals surface area contributed by atoms with Crippen molar-refractivity contribution in [1.82, 2.24) is 24.6 Å². The van der Waals surface area contributed by atoms with Gasteiger partial charge in [0.2, 0.25) is 5.95 Å². The first kappa shape index (κ1) is 34.4. The number of anilines is 2. The van der Waals surface area contributed by atoms with Crippen LogP contribution < -0.4 is 10.2 Å². The number of aryl methyl sites for hydroxylation is 2. The van der Waals surface area contributed by atoms with Crippen LogP contribution in [0.2, 0.25) is 0 Å². The first-order chi connectivity index (χ1) is 23.3. The smallest absolute Gasteiger partial charge is 0.306 e. The summed E-state index contributed by atoms with van der Waals surface area (Å²) in [6, 6.07) is 11.1. The zero-order valence-electron chi connectivity index (χ0n) is 29.4. The third-order valence-corrected chi connectivity index (χ3v) is 11.3. The maximum absolute atomic E-state index is 11.7. The highest BCUT2D eigenvalue weighted by molar-refractivity contribution is 5.70. The molecule has 0 unspecified atom stereocenters. The number of piperidine rings is 1. The van der Waals surface area contributed by atoms with Crippen molar-refractivity contribution in [2.45, 2.75) is 89.1 Å². The highest BCUT2D eigenvalue weighted by atomic mass is 16.5. The van der Waals surface area contributed by atoms with E-state index in [4.69, 9.17) is 14.7 Å². The number of hydrogen-bond acceptors (Lipinski definition) is 8. The number of nitrogens with one attached hydrogen (secondary N) is 1. The highest BCUT2D eigenvalue weighted by Crippen LogP contribution is 2.39. The number of fused-ring (bicyclic) bond motifs is 1. The summed E-state index contributed by atoms with van der Waals surface area (Å²) < 4.78 is 7.43. The van der Waals surface area contributed by atoms with Crippen molar-refractivity contribution in [2.75, 3.05) is 50.6 Å². The van der Waals surface area contributed by atoms with Gasteiger partial charge in [-0.1, -0.05) is 37.3 Å². The molecule has 2 fully saturated rings. The average molecular weight is 658 g/mol. The molecule has 2 N–H and O–H groups in total. The second-order valence-corrected chi connectivity index (χ2v) is 14.6. The van der Waals surface area contributed by atoms with Gasteiger partial charge in [-0.15, -0.1) is 0 Å². The van der Waals surface area contributed by atoms with Crippen LogP contribution in [0.15, 0.2) is 42.7 Å². The van der Waals surface area contributed by atoms with E-state index < -0.39 is 5.97 Å². The predicted octanol–water partition coefficient (Wildman–Crippen LogP) is 6.10. The van der Waals surface area contributed by atoms with E-state index in [-0.39, 0.29) is 18.0 Å². The summed E-state index contributed by atoms with van der Waals surface area (Å²) in [5.74, 6) is 2.24. The Morgan fingerprint density at radius 2 is 1.92 bits per heavy atom. The molecule has 1 saturated heterocycles. The zero-order valence-corrected chi connectivity index (χ0v) is 29.4. The molecule has 0 bridgehead atoms. The van der Waals surface area contributed by atoms with E-state index in [0.717, 1.165) is 101 Å². The number of methoxy groups -OCH3 is 1. The lowest BCUT2D eigenvalue weighted by molar-refractivity contribution is -0.143. The minimum atomic E-state index is -0.653. The molecule has 4 atom stereocenters. The molecule has 0 spiro atoms. The third-order valence-electron chi connectivity index (χ3n) is 11.3. The minimum Gasteiger partial charge on any atom is -0.481 e. The number of hydrogen-bond donors (Lipinski definition) is 2. The van der Waals surface area contributed by atoms with Gasteiger partial charge in [0.05, 0.1) is 30.5 Å². The maximum atomic E-state index is 11.7. The normalized spacial score (nSPS) is 24.4. The fraction of sp³-hybridized carbons (Fsp3) is 0.632. The van der Waals surface area contributed by atoms with Crippen molar-refractivity contribution in [3.8, 4) is 0 Å². The molecule has 2 aromatic heterocycles. The van der Waals surface area contributed by atoms with Crippen LogP contribution in [0, 0.1) is 17.8 Å². The Labute approximate surface area is 286 Å². The fourth-order valence-corrected chi connectivity index (χ4v) is 8.67. The second-order valence-electron chi connectivity index (χ2n) is 14.6. The molecule has 3 aromatic rings. The van der Waals surface area contributed by atoms with Crippen LogP contribution in [-0.4, -0.2) is 82.2 Å². The summed E-state index contributed by atoms with van der Waals surface area (Å²) >= 11 is 0. The first-order valence-corrected chi connectivity index (χ1v) is 18.2. The zero-order chi connectivity index (χ0) is 33.6. The summed E-state index contributed by atoms with van der Waals surface area (Å²) in [6.07, 6.45) is 13.7. The van der Waals surface area contributed by atoms with Gasteiger partial charge < -0.3 is 25.0 Å². The van der Waals surface area contributed by atoms with E-state index in [1.54, 1.807) is 7.11 Å². The molecule has 48 heavy (non-hydrogen) atoms. The van der Waals surface area contributed by atoms with Crippen LogP contribution in [0.1, 0.15) is 92.6 Å². The fourth-order valence-electron chi connectivity index (χ4n) is 8.67. The number of carbonyl (C=O) groups is 1. The Kier molecular flexibility index (Phi) is 11.3. The minimum absolute atomic E-state index is 0.0162. The highest BCUT2D eigenvalue weighted by Gasteiger charge is 2.34. The van der Waals surface area contributed by atoms with Crippen LogP contribution in [0.3, 0.4) is 0 Å². The van der Waals surface area contributed by atoms with Gasteiger partial charge in [-0.05, 0) is 94.1 Å². The van der Waals surface area contributed by atoms with E-state index in [2.05, 4.69) is 70.7 Å². The molecule has 3 heterocycles. The molecular formula is C38H55N7O3. The molecule has 1 aliphatic heterocycles. The van der Waals surface area contributed by atoms with Crippen LogP contribution in [0.25, 0.3) is 0 Å². The van der Waals surface area contributed by atoms with E-state index in [1.807, 2.05) is 17.9 Å². The number of carboxylic acid groups (broad SMARTS) is 1. The van der Waals surface area contributed by atoms with Crippen molar-refractivity contribution in [3.05, 3.63) is 65.1 Å². The summed E-state index contributed by atoms with van der Waals surface area (Å²) in [7, 11) is 5.93. The molecule has 1 saturated carbocycles. The Balaban J connectivity index is 1.32. The van der Waals surface area contributed by atoms with Gasteiger partial charge in [-0.3, -0.25) is 9.48 Å². The molecule has 10 heteroatoms. The van der Waals surface area contributed by atoms with Crippen molar-refractivity contribution >= 4 is 17.7 Å². The summed E-state index contributed by atoms with van der Waals surface area (Å²) in [5.41, 5.74) is 4.91. The summed E-state index contributed by atoms with van der Waals surface area (Å²) in [4.78, 5) is 27.2. The molecule has 10 nitrogen and oxygen atoms in total. The van der Waals surface area contributed by atoms with Crippen LogP contribution in [-0.2, 0) is 29.4 Å². The number of rotatable bonds is 13. The van der Waals surface area contributed by atoms with Gasteiger partial charge >= 0.3 is 5.97 Å². The van der Waals surface area contributed by atoms with E-state index in [1.165, 1.54) is 24.0 Å². The molecule has 6 rings (SSSR count). The third kappa shape index (κ3) is 8.03.